The Hall–Kier alpha value is -1.69. The first-order valence-corrected chi connectivity index (χ1v) is 7.24. The fraction of sp³-hybridized carbons (Fsp3) is 0.462. The molecule has 5 nitrogen and oxygen atoms in total. The van der Waals surface area contributed by atoms with Crippen LogP contribution in [0.25, 0.3) is 0 Å². The number of nitrogens with zero attached hydrogens (tertiary/aromatic N) is 4. The molecule has 0 radical (unpaired) electrons. The zero-order valence-corrected chi connectivity index (χ0v) is 12.4. The van der Waals surface area contributed by atoms with E-state index in [1.807, 2.05) is 19.0 Å². The van der Waals surface area contributed by atoms with Gasteiger partial charge in [0.15, 0.2) is 11.6 Å². The van der Waals surface area contributed by atoms with Crippen LogP contribution in [0.5, 0.6) is 0 Å². The monoisotopic (exact) mass is 277 g/mol. The molecule has 0 saturated carbocycles. The predicted octanol–water partition coefficient (Wildman–Crippen LogP) is 2.22. The molecule has 2 aromatic rings. The van der Waals surface area contributed by atoms with Crippen LogP contribution in [-0.2, 0) is 12.8 Å². The van der Waals surface area contributed by atoms with Gasteiger partial charge in [0.25, 0.3) is 0 Å². The van der Waals surface area contributed by atoms with Crippen LogP contribution in [0.4, 0.5) is 11.6 Å². The van der Waals surface area contributed by atoms with Crippen molar-refractivity contribution < 1.29 is 0 Å². The molecule has 2 heterocycles. The van der Waals surface area contributed by atoms with Gasteiger partial charge in [0.1, 0.15) is 0 Å². The standard InChI is InChI=1S/C13H19N5S/c1-4-10-9-19-11(17-10)5-6-14-12-13(18(2)3)16-8-7-15-12/h7-9H,4-6H2,1-3H3,(H,14,15). The lowest BCUT2D eigenvalue weighted by Crippen LogP contribution is -2.16. The lowest BCUT2D eigenvalue weighted by Gasteiger charge is -2.15. The van der Waals surface area contributed by atoms with E-state index >= 15 is 0 Å². The average molecular weight is 277 g/mol. The molecule has 2 rings (SSSR count). The highest BCUT2D eigenvalue weighted by Crippen LogP contribution is 2.17. The summed E-state index contributed by atoms with van der Waals surface area (Å²) in [5, 5.41) is 6.62. The minimum Gasteiger partial charge on any atom is -0.367 e. The summed E-state index contributed by atoms with van der Waals surface area (Å²) in [6, 6.07) is 0. The van der Waals surface area contributed by atoms with Gasteiger partial charge in [0, 0.05) is 44.8 Å². The van der Waals surface area contributed by atoms with Gasteiger partial charge < -0.3 is 10.2 Å². The van der Waals surface area contributed by atoms with E-state index in [4.69, 9.17) is 0 Å². The number of nitrogens with one attached hydrogen (secondary N) is 1. The van der Waals surface area contributed by atoms with Gasteiger partial charge >= 0.3 is 0 Å². The molecule has 2 aromatic heterocycles. The molecule has 0 amide bonds. The first-order valence-electron chi connectivity index (χ1n) is 6.36. The van der Waals surface area contributed by atoms with E-state index in [1.54, 1.807) is 23.7 Å². The van der Waals surface area contributed by atoms with Crippen LogP contribution in [-0.4, -0.2) is 35.6 Å². The van der Waals surface area contributed by atoms with Gasteiger partial charge in [-0.1, -0.05) is 6.92 Å². The molecule has 0 atom stereocenters. The smallest absolute Gasteiger partial charge is 0.171 e. The van der Waals surface area contributed by atoms with Crippen molar-refractivity contribution in [3.63, 3.8) is 0 Å². The number of hydrogen-bond donors (Lipinski definition) is 1. The number of thiazole rings is 1. The third-order valence-electron chi connectivity index (χ3n) is 2.70. The van der Waals surface area contributed by atoms with E-state index in [0.717, 1.165) is 31.0 Å². The van der Waals surface area contributed by atoms with Crippen LogP contribution in [0.2, 0.25) is 0 Å². The van der Waals surface area contributed by atoms with Gasteiger partial charge in [-0.15, -0.1) is 11.3 Å². The quantitative estimate of drug-likeness (QED) is 0.877. The van der Waals surface area contributed by atoms with Crippen molar-refractivity contribution in [2.45, 2.75) is 19.8 Å². The lowest BCUT2D eigenvalue weighted by atomic mass is 10.4. The normalized spacial score (nSPS) is 10.5. The summed E-state index contributed by atoms with van der Waals surface area (Å²) in [4.78, 5) is 15.1. The maximum Gasteiger partial charge on any atom is 0.171 e. The van der Waals surface area contributed by atoms with Crippen LogP contribution in [0.3, 0.4) is 0 Å². The van der Waals surface area contributed by atoms with Crippen molar-refractivity contribution >= 4 is 23.0 Å². The van der Waals surface area contributed by atoms with Crippen LogP contribution in [0.15, 0.2) is 17.8 Å². The Balaban J connectivity index is 1.92. The Bertz CT molecular complexity index is 523. The second-order valence-corrected chi connectivity index (χ2v) is 5.33. The Labute approximate surface area is 117 Å². The third-order valence-corrected chi connectivity index (χ3v) is 3.65. The van der Waals surface area contributed by atoms with E-state index < -0.39 is 0 Å². The molecule has 0 aliphatic heterocycles. The molecule has 0 bridgehead atoms. The Morgan fingerprint density at radius 3 is 2.74 bits per heavy atom. The summed E-state index contributed by atoms with van der Waals surface area (Å²) in [6.45, 7) is 2.94. The van der Waals surface area contributed by atoms with Crippen molar-refractivity contribution in [2.24, 2.45) is 0 Å². The number of aromatic nitrogens is 3. The second-order valence-electron chi connectivity index (χ2n) is 4.39. The first kappa shape index (κ1) is 13.7. The predicted molar refractivity (Wildman–Crippen MR) is 80.0 cm³/mol. The number of rotatable bonds is 6. The maximum absolute atomic E-state index is 4.55. The molecule has 19 heavy (non-hydrogen) atoms. The van der Waals surface area contributed by atoms with Crippen molar-refractivity contribution in [3.05, 3.63) is 28.5 Å². The van der Waals surface area contributed by atoms with Crippen molar-refractivity contribution in [1.29, 1.82) is 0 Å². The summed E-state index contributed by atoms with van der Waals surface area (Å²) < 4.78 is 0. The summed E-state index contributed by atoms with van der Waals surface area (Å²) >= 11 is 1.72. The molecule has 0 aliphatic carbocycles. The zero-order chi connectivity index (χ0) is 13.7. The molecule has 102 valence electrons. The van der Waals surface area contributed by atoms with Crippen LogP contribution in [0.1, 0.15) is 17.6 Å². The zero-order valence-electron chi connectivity index (χ0n) is 11.6. The van der Waals surface area contributed by atoms with E-state index in [-0.39, 0.29) is 0 Å². The van der Waals surface area contributed by atoms with Gasteiger partial charge in [0.2, 0.25) is 0 Å². The van der Waals surface area contributed by atoms with Gasteiger partial charge in [0.05, 0.1) is 10.7 Å². The third kappa shape index (κ3) is 3.64. The van der Waals surface area contributed by atoms with Gasteiger partial charge in [-0.2, -0.15) is 0 Å². The SMILES string of the molecule is CCc1csc(CCNc2nccnc2N(C)C)n1. The molecule has 0 saturated heterocycles. The van der Waals surface area contributed by atoms with Crippen LogP contribution in [0, 0.1) is 0 Å². The fourth-order valence-electron chi connectivity index (χ4n) is 1.70. The number of hydrogen-bond acceptors (Lipinski definition) is 6. The van der Waals surface area contributed by atoms with Gasteiger partial charge in [-0.3, -0.25) is 0 Å². The Morgan fingerprint density at radius 1 is 1.26 bits per heavy atom. The first-order chi connectivity index (χ1) is 9.20. The molecule has 6 heteroatoms. The average Bonchev–Trinajstić information content (AvgIpc) is 2.87. The van der Waals surface area contributed by atoms with E-state index in [9.17, 15) is 0 Å². The number of aryl methyl sites for hydroxylation is 1. The maximum atomic E-state index is 4.55. The summed E-state index contributed by atoms with van der Waals surface area (Å²) in [5.74, 6) is 1.68. The number of anilines is 2. The largest absolute Gasteiger partial charge is 0.367 e. The molecule has 0 unspecified atom stereocenters. The molecule has 0 spiro atoms. The summed E-state index contributed by atoms with van der Waals surface area (Å²) in [7, 11) is 3.92. The summed E-state index contributed by atoms with van der Waals surface area (Å²) in [6.07, 6.45) is 5.32. The topological polar surface area (TPSA) is 53.9 Å². The Kier molecular flexibility index (Phi) is 4.68. The van der Waals surface area contributed by atoms with E-state index in [2.05, 4.69) is 32.6 Å². The molecule has 0 aliphatic rings. The highest BCUT2D eigenvalue weighted by atomic mass is 32.1. The molecular formula is C13H19N5S. The molecule has 0 fully saturated rings. The molecular weight excluding hydrogens is 258 g/mol. The Morgan fingerprint density at radius 2 is 2.05 bits per heavy atom. The van der Waals surface area contributed by atoms with Crippen molar-refractivity contribution in [1.82, 2.24) is 15.0 Å². The second kappa shape index (κ2) is 6.47. The van der Waals surface area contributed by atoms with Crippen LogP contribution < -0.4 is 10.2 Å². The highest BCUT2D eigenvalue weighted by molar-refractivity contribution is 7.09. The van der Waals surface area contributed by atoms with Gasteiger partial charge in [-0.05, 0) is 6.42 Å². The highest BCUT2D eigenvalue weighted by Gasteiger charge is 2.06. The molecule has 0 aromatic carbocycles. The minimum absolute atomic E-state index is 0.816. The van der Waals surface area contributed by atoms with Gasteiger partial charge in [-0.25, -0.2) is 15.0 Å². The van der Waals surface area contributed by atoms with E-state index in [0.29, 0.717) is 0 Å². The molecule has 1 N–H and O–H groups in total. The fourth-order valence-corrected chi connectivity index (χ4v) is 2.58. The summed E-state index contributed by atoms with van der Waals surface area (Å²) in [5.41, 5.74) is 1.17. The van der Waals surface area contributed by atoms with Crippen LogP contribution >= 0.6 is 11.3 Å². The van der Waals surface area contributed by atoms with Crippen molar-refractivity contribution in [2.75, 3.05) is 30.9 Å². The minimum atomic E-state index is 0.816. The van der Waals surface area contributed by atoms with E-state index in [1.165, 1.54) is 10.7 Å². The lowest BCUT2D eigenvalue weighted by molar-refractivity contribution is 0.946. The van der Waals surface area contributed by atoms with Crippen molar-refractivity contribution in [3.8, 4) is 0 Å².